The van der Waals surface area contributed by atoms with Gasteiger partial charge >= 0.3 is 12.1 Å². The summed E-state index contributed by atoms with van der Waals surface area (Å²) in [5.74, 6) is -1.00. The summed E-state index contributed by atoms with van der Waals surface area (Å²) >= 11 is 0. The van der Waals surface area contributed by atoms with Crippen molar-refractivity contribution in [1.29, 1.82) is 0 Å². The number of alkyl carbamates (subject to hydrolysis) is 1. The Kier molecular flexibility index (Phi) is 5.07. The zero-order chi connectivity index (χ0) is 22.1. The predicted octanol–water partition coefficient (Wildman–Crippen LogP) is 5.58. The molecule has 32 heavy (non-hydrogen) atoms. The molecule has 5 rings (SSSR count). The Bertz CT molecular complexity index is 1300. The Balaban J connectivity index is 1.28. The van der Waals surface area contributed by atoms with E-state index in [2.05, 4.69) is 29.6 Å². The van der Waals surface area contributed by atoms with Crippen molar-refractivity contribution in [2.24, 2.45) is 0 Å². The molecule has 0 aromatic heterocycles. The summed E-state index contributed by atoms with van der Waals surface area (Å²) in [6, 6.07) is 27.1. The molecule has 2 N–H and O–H groups in total. The first-order valence-corrected chi connectivity index (χ1v) is 10.5. The third-order valence-electron chi connectivity index (χ3n) is 5.93. The fraction of sp³-hybridized carbons (Fsp3) is 0.111. The van der Waals surface area contributed by atoms with Crippen LogP contribution in [0.1, 0.15) is 33.0 Å². The van der Waals surface area contributed by atoms with E-state index in [4.69, 9.17) is 4.74 Å². The smallest absolute Gasteiger partial charge is 0.407 e. The van der Waals surface area contributed by atoms with Gasteiger partial charge in [-0.3, -0.25) is 0 Å². The van der Waals surface area contributed by atoms with Crippen LogP contribution in [0.2, 0.25) is 0 Å². The van der Waals surface area contributed by atoms with Gasteiger partial charge in [-0.05, 0) is 50.7 Å². The number of nitrogens with one attached hydrogen (secondary N) is 1. The van der Waals surface area contributed by atoms with Gasteiger partial charge in [0.1, 0.15) is 6.61 Å². The number of aromatic carboxylic acids is 1. The second kappa shape index (κ2) is 8.19. The third-order valence-corrected chi connectivity index (χ3v) is 5.93. The highest BCUT2D eigenvalue weighted by atomic mass is 16.5. The van der Waals surface area contributed by atoms with E-state index in [0.717, 1.165) is 16.5 Å². The van der Waals surface area contributed by atoms with Crippen LogP contribution in [-0.4, -0.2) is 23.8 Å². The molecule has 1 amide bonds. The number of carbonyl (C=O) groups is 2. The fourth-order valence-corrected chi connectivity index (χ4v) is 4.48. The Hall–Kier alpha value is -4.12. The van der Waals surface area contributed by atoms with Crippen LogP contribution < -0.4 is 5.32 Å². The van der Waals surface area contributed by atoms with Crippen LogP contribution >= 0.6 is 0 Å². The van der Waals surface area contributed by atoms with Crippen molar-refractivity contribution < 1.29 is 19.4 Å². The highest BCUT2D eigenvalue weighted by molar-refractivity contribution is 6.04. The maximum absolute atomic E-state index is 12.4. The minimum absolute atomic E-state index is 0.00701. The first kappa shape index (κ1) is 19.8. The molecule has 1 aliphatic carbocycles. The predicted molar refractivity (Wildman–Crippen MR) is 123 cm³/mol. The lowest BCUT2D eigenvalue weighted by molar-refractivity contribution is 0.0699. The second-order valence-electron chi connectivity index (χ2n) is 7.85. The van der Waals surface area contributed by atoms with Crippen LogP contribution in [-0.2, 0) is 11.3 Å². The molecule has 0 atom stereocenters. The van der Waals surface area contributed by atoms with Crippen molar-refractivity contribution in [3.63, 3.8) is 0 Å². The third kappa shape index (κ3) is 3.58. The van der Waals surface area contributed by atoms with Crippen molar-refractivity contribution in [1.82, 2.24) is 5.32 Å². The van der Waals surface area contributed by atoms with Crippen molar-refractivity contribution in [2.75, 3.05) is 6.61 Å². The summed E-state index contributed by atoms with van der Waals surface area (Å²) in [4.78, 5) is 24.1. The first-order chi connectivity index (χ1) is 15.6. The highest BCUT2D eigenvalue weighted by Crippen LogP contribution is 2.44. The maximum Gasteiger partial charge on any atom is 0.407 e. The molecule has 5 nitrogen and oxygen atoms in total. The average molecular weight is 423 g/mol. The van der Waals surface area contributed by atoms with E-state index in [1.807, 2.05) is 48.5 Å². The lowest BCUT2D eigenvalue weighted by Gasteiger charge is -2.15. The standard InChI is InChI=1S/C27H21NO4/c29-26(30)24-14-17(13-18-7-1-2-8-19(18)24)15-28-27(31)32-16-25-22-11-5-3-9-20(22)21-10-4-6-12-23(21)25/h1-14,25H,15-16H2,(H,28,31)(H,29,30). The summed E-state index contributed by atoms with van der Waals surface area (Å²) in [5, 5.41) is 13.8. The number of amides is 1. The molecule has 1 aliphatic rings. The normalized spacial score (nSPS) is 12.2. The van der Waals surface area contributed by atoms with Crippen LogP contribution in [0.25, 0.3) is 21.9 Å². The molecule has 5 heteroatoms. The number of ether oxygens (including phenoxy) is 1. The van der Waals surface area contributed by atoms with E-state index in [-0.39, 0.29) is 24.6 Å². The zero-order valence-electron chi connectivity index (χ0n) is 17.2. The van der Waals surface area contributed by atoms with Gasteiger partial charge in [0, 0.05) is 12.5 Å². The molecule has 0 radical (unpaired) electrons. The largest absolute Gasteiger partial charge is 0.478 e. The number of benzene rings is 4. The second-order valence-corrected chi connectivity index (χ2v) is 7.85. The van der Waals surface area contributed by atoms with E-state index in [9.17, 15) is 14.7 Å². The summed E-state index contributed by atoms with van der Waals surface area (Å²) in [7, 11) is 0. The summed E-state index contributed by atoms with van der Waals surface area (Å²) in [6.07, 6.45) is -0.531. The maximum atomic E-state index is 12.4. The minimum atomic E-state index is -0.996. The van der Waals surface area contributed by atoms with Crippen LogP contribution in [0, 0.1) is 0 Å². The lowest BCUT2D eigenvalue weighted by Crippen LogP contribution is -2.25. The summed E-state index contributed by atoms with van der Waals surface area (Å²) < 4.78 is 5.56. The van der Waals surface area contributed by atoms with Crippen LogP contribution in [0.5, 0.6) is 0 Å². The lowest BCUT2D eigenvalue weighted by atomic mass is 9.98. The first-order valence-electron chi connectivity index (χ1n) is 10.5. The van der Waals surface area contributed by atoms with Gasteiger partial charge in [0.05, 0.1) is 5.56 Å². The fourth-order valence-electron chi connectivity index (χ4n) is 4.48. The molecule has 0 saturated carbocycles. The number of hydrogen-bond donors (Lipinski definition) is 2. The topological polar surface area (TPSA) is 75.6 Å². The molecule has 158 valence electrons. The Morgan fingerprint density at radius 2 is 1.47 bits per heavy atom. The molecule has 0 aliphatic heterocycles. The van der Waals surface area contributed by atoms with Crippen molar-refractivity contribution in [3.05, 3.63) is 107 Å². The number of carboxylic acid groups (broad SMARTS) is 1. The Morgan fingerprint density at radius 3 is 2.16 bits per heavy atom. The quantitative estimate of drug-likeness (QED) is 0.440. The minimum Gasteiger partial charge on any atom is -0.478 e. The van der Waals surface area contributed by atoms with E-state index < -0.39 is 12.1 Å². The number of hydrogen-bond acceptors (Lipinski definition) is 3. The zero-order valence-corrected chi connectivity index (χ0v) is 17.2. The average Bonchev–Trinajstić information content (AvgIpc) is 3.14. The molecule has 4 aromatic rings. The van der Waals surface area contributed by atoms with E-state index in [1.165, 1.54) is 11.1 Å². The number of carboxylic acids is 1. The molecule has 0 fully saturated rings. The molecule has 4 aromatic carbocycles. The van der Waals surface area contributed by atoms with Gasteiger partial charge in [-0.15, -0.1) is 0 Å². The number of fused-ring (bicyclic) bond motifs is 4. The number of carbonyl (C=O) groups excluding carboxylic acids is 1. The Labute approximate surface area is 185 Å². The van der Waals surface area contributed by atoms with Gasteiger partial charge in [0.2, 0.25) is 0 Å². The van der Waals surface area contributed by atoms with Gasteiger partial charge in [-0.1, -0.05) is 72.8 Å². The monoisotopic (exact) mass is 423 g/mol. The molecule has 0 unspecified atom stereocenters. The van der Waals surface area contributed by atoms with E-state index >= 15 is 0 Å². The van der Waals surface area contributed by atoms with E-state index in [1.54, 1.807) is 12.1 Å². The van der Waals surface area contributed by atoms with Gasteiger partial charge in [-0.25, -0.2) is 9.59 Å². The van der Waals surface area contributed by atoms with Crippen LogP contribution in [0.3, 0.4) is 0 Å². The molecule has 0 saturated heterocycles. The molecule has 0 heterocycles. The van der Waals surface area contributed by atoms with Gasteiger partial charge in [0.25, 0.3) is 0 Å². The Morgan fingerprint density at radius 1 is 0.844 bits per heavy atom. The molecular weight excluding hydrogens is 402 g/mol. The molecular formula is C27H21NO4. The van der Waals surface area contributed by atoms with Crippen LogP contribution in [0.4, 0.5) is 4.79 Å². The SMILES string of the molecule is O=C(NCc1cc(C(=O)O)c2ccccc2c1)OCC1c2ccccc2-c2ccccc21. The number of rotatable bonds is 5. The molecule has 0 spiro atoms. The van der Waals surface area contributed by atoms with Gasteiger partial charge < -0.3 is 15.2 Å². The van der Waals surface area contributed by atoms with Crippen molar-refractivity contribution >= 4 is 22.8 Å². The van der Waals surface area contributed by atoms with Gasteiger partial charge in [-0.2, -0.15) is 0 Å². The highest BCUT2D eigenvalue weighted by Gasteiger charge is 2.28. The van der Waals surface area contributed by atoms with Gasteiger partial charge in [0.15, 0.2) is 0 Å². The summed E-state index contributed by atoms with van der Waals surface area (Å²) in [6.45, 7) is 0.416. The molecule has 0 bridgehead atoms. The van der Waals surface area contributed by atoms with Crippen molar-refractivity contribution in [2.45, 2.75) is 12.5 Å². The van der Waals surface area contributed by atoms with Crippen LogP contribution in [0.15, 0.2) is 84.9 Å². The van der Waals surface area contributed by atoms with E-state index in [0.29, 0.717) is 10.9 Å². The summed E-state index contributed by atoms with van der Waals surface area (Å²) in [5.41, 5.74) is 5.58. The van der Waals surface area contributed by atoms with Crippen molar-refractivity contribution in [3.8, 4) is 11.1 Å².